The third kappa shape index (κ3) is 2.29. The van der Waals surface area contributed by atoms with E-state index in [2.05, 4.69) is 10.3 Å². The summed E-state index contributed by atoms with van der Waals surface area (Å²) in [5.41, 5.74) is 1.67. The van der Waals surface area contributed by atoms with E-state index >= 15 is 0 Å². The molecule has 0 saturated heterocycles. The fourth-order valence-electron chi connectivity index (χ4n) is 2.20. The van der Waals surface area contributed by atoms with Crippen molar-refractivity contribution < 1.29 is 14.7 Å². The molecule has 0 aromatic rings. The molecule has 16 heavy (non-hydrogen) atoms. The van der Waals surface area contributed by atoms with Crippen LogP contribution in [0, 0.1) is 0 Å². The summed E-state index contributed by atoms with van der Waals surface area (Å²) in [5, 5.41) is 11.2. The predicted octanol–water partition coefficient (Wildman–Crippen LogP) is 1.15. The van der Waals surface area contributed by atoms with E-state index in [9.17, 15) is 9.59 Å². The van der Waals surface area contributed by atoms with Crippen LogP contribution in [-0.2, 0) is 4.79 Å². The molecule has 2 N–H and O–H groups in total. The predicted molar refractivity (Wildman–Crippen MR) is 58.8 cm³/mol. The molecule has 0 bridgehead atoms. The number of carboxylic acid groups (broad SMARTS) is 1. The Hall–Kier alpha value is -1.65. The number of carbonyl (C=O) groups excluding carboxylic acids is 1. The average molecular weight is 222 g/mol. The first-order valence-electron chi connectivity index (χ1n) is 5.44. The molecule has 1 aliphatic carbocycles. The van der Waals surface area contributed by atoms with Gasteiger partial charge in [-0.2, -0.15) is 0 Å². The molecular formula is C11H14N2O3. The summed E-state index contributed by atoms with van der Waals surface area (Å²) in [6, 6.07) is -0.251. The summed E-state index contributed by atoms with van der Waals surface area (Å²) in [6.45, 7) is 0.149. The van der Waals surface area contributed by atoms with Gasteiger partial charge in [0.15, 0.2) is 5.78 Å². The highest BCUT2D eigenvalue weighted by atomic mass is 16.4. The van der Waals surface area contributed by atoms with Crippen molar-refractivity contribution >= 4 is 17.6 Å². The van der Waals surface area contributed by atoms with Crippen LogP contribution in [0.5, 0.6) is 0 Å². The summed E-state index contributed by atoms with van der Waals surface area (Å²) in [7, 11) is 0. The first kappa shape index (κ1) is 10.9. The minimum absolute atomic E-state index is 0.00900. The molecule has 2 rings (SSSR count). The second-order valence-electron chi connectivity index (χ2n) is 4.09. The molecule has 1 fully saturated rings. The Labute approximate surface area is 93.2 Å². The lowest BCUT2D eigenvalue weighted by Crippen LogP contribution is -2.41. The maximum absolute atomic E-state index is 11.2. The van der Waals surface area contributed by atoms with E-state index in [4.69, 9.17) is 5.11 Å². The largest absolute Gasteiger partial charge is 0.465 e. The van der Waals surface area contributed by atoms with E-state index in [1.807, 2.05) is 0 Å². The van der Waals surface area contributed by atoms with Crippen LogP contribution >= 0.6 is 0 Å². The van der Waals surface area contributed by atoms with Gasteiger partial charge in [0.05, 0.1) is 11.8 Å². The third-order valence-corrected chi connectivity index (χ3v) is 2.89. The van der Waals surface area contributed by atoms with Gasteiger partial charge in [-0.1, -0.05) is 6.42 Å². The third-order valence-electron chi connectivity index (χ3n) is 2.89. The smallest absolute Gasteiger partial charge is 0.405 e. The Kier molecular flexibility index (Phi) is 3.03. The van der Waals surface area contributed by atoms with Crippen LogP contribution in [0.3, 0.4) is 0 Å². The van der Waals surface area contributed by atoms with Gasteiger partial charge in [0, 0.05) is 0 Å². The topological polar surface area (TPSA) is 78.8 Å². The van der Waals surface area contributed by atoms with E-state index < -0.39 is 6.09 Å². The maximum atomic E-state index is 11.2. The molecule has 1 aliphatic heterocycles. The fourth-order valence-corrected chi connectivity index (χ4v) is 2.20. The Morgan fingerprint density at radius 3 is 3.06 bits per heavy atom. The number of amides is 1. The highest BCUT2D eigenvalue weighted by Gasteiger charge is 2.26. The normalized spacial score (nSPS) is 25.0. The Morgan fingerprint density at radius 1 is 1.50 bits per heavy atom. The number of dihydropyridines is 1. The number of hydrogen-bond donors (Lipinski definition) is 2. The molecule has 0 radical (unpaired) electrons. The number of rotatable bonds is 1. The number of nitrogens with zero attached hydrogens (tertiary/aromatic N) is 1. The van der Waals surface area contributed by atoms with E-state index in [1.54, 1.807) is 6.08 Å². The monoisotopic (exact) mass is 222 g/mol. The average Bonchev–Trinajstić information content (AvgIpc) is 2.40. The molecule has 0 aromatic heterocycles. The van der Waals surface area contributed by atoms with Gasteiger partial charge < -0.3 is 10.4 Å². The lowest BCUT2D eigenvalue weighted by molar-refractivity contribution is -0.113. The summed E-state index contributed by atoms with van der Waals surface area (Å²) in [4.78, 5) is 26.1. The molecule has 1 unspecified atom stereocenters. The first-order chi connectivity index (χ1) is 7.66. The number of hydrogen-bond acceptors (Lipinski definition) is 3. The molecule has 2 aliphatic rings. The molecular weight excluding hydrogens is 208 g/mol. The molecule has 5 heteroatoms. The van der Waals surface area contributed by atoms with Gasteiger partial charge in [-0.3, -0.25) is 9.79 Å². The van der Waals surface area contributed by atoms with E-state index in [-0.39, 0.29) is 18.4 Å². The number of fused-ring (bicyclic) bond motifs is 1. The van der Waals surface area contributed by atoms with E-state index in [0.29, 0.717) is 0 Å². The van der Waals surface area contributed by atoms with Crippen molar-refractivity contribution in [2.45, 2.75) is 31.7 Å². The highest BCUT2D eigenvalue weighted by Crippen LogP contribution is 2.23. The van der Waals surface area contributed by atoms with Gasteiger partial charge in [-0.05, 0) is 30.9 Å². The molecule has 1 saturated carbocycles. The Morgan fingerprint density at radius 2 is 2.31 bits per heavy atom. The van der Waals surface area contributed by atoms with Crippen LogP contribution in [0.4, 0.5) is 4.79 Å². The molecule has 1 atom stereocenters. The Bertz CT molecular complexity index is 385. The van der Waals surface area contributed by atoms with Gasteiger partial charge in [0.1, 0.15) is 6.54 Å². The molecule has 5 nitrogen and oxygen atoms in total. The van der Waals surface area contributed by atoms with Crippen LogP contribution in [0.2, 0.25) is 0 Å². The van der Waals surface area contributed by atoms with E-state index in [0.717, 1.165) is 37.0 Å². The molecule has 1 amide bonds. The zero-order valence-electron chi connectivity index (χ0n) is 8.90. The van der Waals surface area contributed by atoms with Crippen molar-refractivity contribution in [2.75, 3.05) is 6.54 Å². The van der Waals surface area contributed by atoms with Crippen LogP contribution in [0.15, 0.2) is 16.6 Å². The summed E-state index contributed by atoms with van der Waals surface area (Å²) >= 11 is 0. The number of carbonyl (C=O) groups is 2. The zero-order chi connectivity index (χ0) is 11.5. The SMILES string of the molecule is O=C1C=C2CCCCC(NC(=O)O)C2=NC1. The number of aliphatic imine (C=N–C) groups is 1. The van der Waals surface area contributed by atoms with Gasteiger partial charge in [-0.25, -0.2) is 4.79 Å². The summed E-state index contributed by atoms with van der Waals surface area (Å²) in [6.07, 6.45) is 4.10. The molecule has 86 valence electrons. The summed E-state index contributed by atoms with van der Waals surface area (Å²) in [5.74, 6) is 0.00900. The quantitative estimate of drug-likeness (QED) is 0.698. The fraction of sp³-hybridized carbons (Fsp3) is 0.545. The molecule has 0 spiro atoms. The maximum Gasteiger partial charge on any atom is 0.405 e. The standard InChI is InChI=1S/C11H14N2O3/c14-8-5-7-3-1-2-4-9(13-11(15)16)10(7)12-6-8/h5,9,13H,1-4,6H2,(H,15,16). The summed E-state index contributed by atoms with van der Waals surface area (Å²) < 4.78 is 0. The van der Waals surface area contributed by atoms with Gasteiger partial charge in [0.25, 0.3) is 0 Å². The van der Waals surface area contributed by atoms with Crippen LogP contribution in [0.1, 0.15) is 25.7 Å². The lowest BCUT2D eigenvalue weighted by Gasteiger charge is -2.20. The van der Waals surface area contributed by atoms with Crippen molar-refractivity contribution in [1.82, 2.24) is 5.32 Å². The van der Waals surface area contributed by atoms with Crippen molar-refractivity contribution in [2.24, 2.45) is 4.99 Å². The van der Waals surface area contributed by atoms with E-state index in [1.165, 1.54) is 0 Å². The van der Waals surface area contributed by atoms with Crippen molar-refractivity contribution in [3.63, 3.8) is 0 Å². The minimum Gasteiger partial charge on any atom is -0.465 e. The van der Waals surface area contributed by atoms with Crippen LogP contribution in [0.25, 0.3) is 0 Å². The number of nitrogens with one attached hydrogen (secondary N) is 1. The van der Waals surface area contributed by atoms with Crippen molar-refractivity contribution in [1.29, 1.82) is 0 Å². The van der Waals surface area contributed by atoms with Gasteiger partial charge in [0.2, 0.25) is 0 Å². The van der Waals surface area contributed by atoms with Gasteiger partial charge in [-0.15, -0.1) is 0 Å². The number of ketones is 1. The zero-order valence-corrected chi connectivity index (χ0v) is 8.90. The first-order valence-corrected chi connectivity index (χ1v) is 5.44. The van der Waals surface area contributed by atoms with Crippen LogP contribution < -0.4 is 5.32 Å². The van der Waals surface area contributed by atoms with Crippen molar-refractivity contribution in [3.8, 4) is 0 Å². The van der Waals surface area contributed by atoms with Gasteiger partial charge >= 0.3 is 6.09 Å². The molecule has 1 heterocycles. The second-order valence-corrected chi connectivity index (χ2v) is 4.09. The minimum atomic E-state index is -1.04. The Balaban J connectivity index is 2.23. The lowest BCUT2D eigenvalue weighted by atomic mass is 9.98. The highest BCUT2D eigenvalue weighted by molar-refractivity contribution is 6.13. The van der Waals surface area contributed by atoms with Crippen molar-refractivity contribution in [3.05, 3.63) is 11.6 Å². The second kappa shape index (κ2) is 4.47. The molecule has 0 aromatic carbocycles. The van der Waals surface area contributed by atoms with Crippen LogP contribution in [-0.4, -0.2) is 35.3 Å².